The molecule has 1 aliphatic rings. The van der Waals surface area contributed by atoms with Crippen molar-refractivity contribution in [2.75, 3.05) is 6.54 Å². The van der Waals surface area contributed by atoms with Crippen LogP contribution in [0.1, 0.15) is 22.8 Å². The third kappa shape index (κ3) is 2.73. The Morgan fingerprint density at radius 1 is 1.08 bits per heavy atom. The topological polar surface area (TPSA) is 66.5 Å². The van der Waals surface area contributed by atoms with E-state index in [1.54, 1.807) is 55.5 Å². The van der Waals surface area contributed by atoms with Gasteiger partial charge in [0.2, 0.25) is 0 Å². The molecule has 1 N–H and O–H groups in total. The number of amides is 3. The van der Waals surface area contributed by atoms with Crippen molar-refractivity contribution in [3.8, 4) is 0 Å². The summed E-state index contributed by atoms with van der Waals surface area (Å²) in [5.74, 6) is -0.723. The van der Waals surface area contributed by atoms with E-state index in [-0.39, 0.29) is 12.3 Å². The molecule has 5 nitrogen and oxygen atoms in total. The highest BCUT2D eigenvalue weighted by molar-refractivity contribution is 9.10. The van der Waals surface area contributed by atoms with Gasteiger partial charge in [0.25, 0.3) is 5.91 Å². The van der Waals surface area contributed by atoms with Gasteiger partial charge >= 0.3 is 6.03 Å². The van der Waals surface area contributed by atoms with Crippen LogP contribution in [0, 0.1) is 0 Å². The fourth-order valence-electron chi connectivity index (χ4n) is 2.75. The van der Waals surface area contributed by atoms with E-state index in [1.807, 2.05) is 6.07 Å². The molecule has 1 saturated heterocycles. The Kier molecular flexibility index (Phi) is 4.24. The van der Waals surface area contributed by atoms with Gasteiger partial charge in [-0.1, -0.05) is 64.5 Å². The predicted octanol–water partition coefficient (Wildman–Crippen LogP) is 3.10. The molecule has 0 bridgehead atoms. The van der Waals surface area contributed by atoms with Crippen molar-refractivity contribution in [3.63, 3.8) is 0 Å². The number of nitrogens with one attached hydrogen (secondary N) is 1. The first-order chi connectivity index (χ1) is 11.4. The number of carbonyl (C=O) groups excluding carboxylic acids is 3. The fourth-order valence-corrected chi connectivity index (χ4v) is 3.43. The zero-order valence-electron chi connectivity index (χ0n) is 13.0. The molecule has 0 saturated carbocycles. The number of benzene rings is 2. The molecular weight excluding hydrogens is 372 g/mol. The summed E-state index contributed by atoms with van der Waals surface area (Å²) < 4.78 is 0.720. The van der Waals surface area contributed by atoms with Crippen LogP contribution < -0.4 is 5.32 Å². The van der Waals surface area contributed by atoms with Crippen LogP contribution in [0.2, 0.25) is 0 Å². The van der Waals surface area contributed by atoms with Crippen molar-refractivity contribution in [2.45, 2.75) is 12.5 Å². The molecule has 24 heavy (non-hydrogen) atoms. The summed E-state index contributed by atoms with van der Waals surface area (Å²) in [6.07, 6.45) is 0. The highest BCUT2D eigenvalue weighted by Gasteiger charge is 2.50. The smallest absolute Gasteiger partial charge is 0.319 e. The first-order valence-corrected chi connectivity index (χ1v) is 8.20. The lowest BCUT2D eigenvalue weighted by molar-refractivity contribution is -0.130. The Morgan fingerprint density at radius 3 is 2.38 bits per heavy atom. The van der Waals surface area contributed by atoms with E-state index in [0.717, 1.165) is 9.37 Å². The standard InChI is InChI=1S/C18H15BrN2O3/c1-18(13-9-5-6-10-14(13)19)16(23)21(17(24)20-18)11-15(22)12-7-3-2-4-8-12/h2-10H,11H2,1H3,(H,20,24). The van der Waals surface area contributed by atoms with Crippen LogP contribution in [0.3, 0.4) is 0 Å². The van der Waals surface area contributed by atoms with Crippen molar-refractivity contribution in [1.82, 2.24) is 10.2 Å². The Morgan fingerprint density at radius 2 is 1.71 bits per heavy atom. The van der Waals surface area contributed by atoms with Crippen molar-refractivity contribution in [2.24, 2.45) is 0 Å². The molecule has 6 heteroatoms. The summed E-state index contributed by atoms with van der Waals surface area (Å²) in [6, 6.07) is 15.2. The third-order valence-corrected chi connectivity index (χ3v) is 4.78. The van der Waals surface area contributed by atoms with Crippen LogP contribution in [0.5, 0.6) is 0 Å². The summed E-state index contributed by atoms with van der Waals surface area (Å²) in [4.78, 5) is 38.4. The number of ketones is 1. The van der Waals surface area contributed by atoms with Gasteiger partial charge in [0.05, 0.1) is 6.54 Å². The van der Waals surface area contributed by atoms with E-state index in [1.165, 1.54) is 0 Å². The molecule has 122 valence electrons. The fraction of sp³-hybridized carbons (Fsp3) is 0.167. The second-order valence-electron chi connectivity index (χ2n) is 5.72. The molecule has 0 spiro atoms. The molecular formula is C18H15BrN2O3. The average molecular weight is 387 g/mol. The van der Waals surface area contributed by atoms with E-state index in [2.05, 4.69) is 21.2 Å². The lowest BCUT2D eigenvalue weighted by Gasteiger charge is -2.23. The molecule has 3 amide bonds. The minimum Gasteiger partial charge on any atom is -0.319 e. The van der Waals surface area contributed by atoms with Gasteiger partial charge in [0.15, 0.2) is 5.78 Å². The minimum atomic E-state index is -1.20. The maximum absolute atomic E-state index is 12.8. The van der Waals surface area contributed by atoms with Gasteiger partial charge in [-0.2, -0.15) is 0 Å². The van der Waals surface area contributed by atoms with Gasteiger partial charge in [-0.25, -0.2) is 4.79 Å². The van der Waals surface area contributed by atoms with Crippen molar-refractivity contribution < 1.29 is 14.4 Å². The molecule has 1 aliphatic heterocycles. The van der Waals surface area contributed by atoms with E-state index >= 15 is 0 Å². The van der Waals surface area contributed by atoms with Crippen LogP contribution in [-0.2, 0) is 10.3 Å². The number of nitrogens with zero attached hydrogens (tertiary/aromatic N) is 1. The molecule has 3 rings (SSSR count). The van der Waals surface area contributed by atoms with E-state index in [4.69, 9.17) is 0 Å². The zero-order chi connectivity index (χ0) is 17.3. The van der Waals surface area contributed by atoms with Gasteiger partial charge in [-0.15, -0.1) is 0 Å². The summed E-state index contributed by atoms with van der Waals surface area (Å²) in [5.41, 5.74) is -0.0840. The largest absolute Gasteiger partial charge is 0.325 e. The third-order valence-electron chi connectivity index (χ3n) is 4.08. The Hall–Kier alpha value is -2.47. The maximum Gasteiger partial charge on any atom is 0.325 e. The predicted molar refractivity (Wildman–Crippen MR) is 92.5 cm³/mol. The Bertz CT molecular complexity index is 822. The van der Waals surface area contributed by atoms with E-state index in [0.29, 0.717) is 11.1 Å². The van der Waals surface area contributed by atoms with Crippen LogP contribution in [0.25, 0.3) is 0 Å². The molecule has 2 aromatic rings. The Balaban J connectivity index is 1.87. The molecule has 0 aliphatic carbocycles. The monoisotopic (exact) mass is 386 g/mol. The number of hydrogen-bond acceptors (Lipinski definition) is 3. The molecule has 0 radical (unpaired) electrons. The first kappa shape index (κ1) is 16.4. The number of Topliss-reactive ketones (excluding diaryl/α,β-unsaturated/α-hetero) is 1. The second kappa shape index (κ2) is 6.20. The van der Waals surface area contributed by atoms with Crippen LogP contribution >= 0.6 is 15.9 Å². The molecule has 2 aromatic carbocycles. The van der Waals surface area contributed by atoms with Gasteiger partial charge in [-0.3, -0.25) is 14.5 Å². The number of halogens is 1. The number of urea groups is 1. The zero-order valence-corrected chi connectivity index (χ0v) is 14.5. The summed E-state index contributed by atoms with van der Waals surface area (Å²) in [5, 5.41) is 2.70. The summed E-state index contributed by atoms with van der Waals surface area (Å²) in [6.45, 7) is 1.36. The first-order valence-electron chi connectivity index (χ1n) is 7.41. The minimum absolute atomic E-state index is 0.282. The van der Waals surface area contributed by atoms with Crippen LogP contribution in [0.15, 0.2) is 59.1 Å². The van der Waals surface area contributed by atoms with E-state index < -0.39 is 17.5 Å². The number of imide groups is 1. The van der Waals surface area contributed by atoms with Crippen molar-refractivity contribution in [1.29, 1.82) is 0 Å². The van der Waals surface area contributed by atoms with Crippen molar-refractivity contribution >= 4 is 33.7 Å². The van der Waals surface area contributed by atoms with Gasteiger partial charge in [0, 0.05) is 15.6 Å². The molecule has 0 aromatic heterocycles. The molecule has 1 atom stereocenters. The van der Waals surface area contributed by atoms with Crippen molar-refractivity contribution in [3.05, 3.63) is 70.2 Å². The molecule has 1 unspecified atom stereocenters. The summed E-state index contributed by atoms with van der Waals surface area (Å²) >= 11 is 3.41. The number of hydrogen-bond donors (Lipinski definition) is 1. The second-order valence-corrected chi connectivity index (χ2v) is 6.57. The lowest BCUT2D eigenvalue weighted by atomic mass is 9.92. The van der Waals surface area contributed by atoms with E-state index in [9.17, 15) is 14.4 Å². The van der Waals surface area contributed by atoms with Gasteiger partial charge in [-0.05, 0) is 13.0 Å². The lowest BCUT2D eigenvalue weighted by Crippen LogP contribution is -2.41. The van der Waals surface area contributed by atoms with Gasteiger partial charge < -0.3 is 5.32 Å². The Labute approximate surface area is 147 Å². The highest BCUT2D eigenvalue weighted by Crippen LogP contribution is 2.33. The quantitative estimate of drug-likeness (QED) is 0.648. The van der Waals surface area contributed by atoms with Crippen LogP contribution in [0.4, 0.5) is 4.79 Å². The number of rotatable bonds is 4. The van der Waals surface area contributed by atoms with Crippen LogP contribution in [-0.4, -0.2) is 29.2 Å². The molecule has 1 fully saturated rings. The summed E-state index contributed by atoms with van der Waals surface area (Å²) in [7, 11) is 0. The normalized spacial score (nSPS) is 20.2. The molecule has 1 heterocycles. The number of carbonyl (C=O) groups is 3. The van der Waals surface area contributed by atoms with Gasteiger partial charge in [0.1, 0.15) is 5.54 Å². The maximum atomic E-state index is 12.8. The average Bonchev–Trinajstić information content (AvgIpc) is 2.80. The highest BCUT2D eigenvalue weighted by atomic mass is 79.9. The SMILES string of the molecule is CC1(c2ccccc2Br)NC(=O)N(CC(=O)c2ccccc2)C1=O.